The molecule has 1 atom stereocenters. The molecule has 5 heteroatoms. The summed E-state index contributed by atoms with van der Waals surface area (Å²) in [5, 5.41) is 0. The van der Waals surface area contributed by atoms with Crippen molar-refractivity contribution in [3.05, 3.63) is 35.9 Å². The quantitative estimate of drug-likeness (QED) is 0.796. The van der Waals surface area contributed by atoms with Crippen LogP contribution in [0, 0.1) is 5.41 Å². The first-order valence-electron chi connectivity index (χ1n) is 6.03. The zero-order valence-electron chi connectivity index (χ0n) is 11.7. The van der Waals surface area contributed by atoms with Crippen molar-refractivity contribution in [2.45, 2.75) is 26.9 Å². The van der Waals surface area contributed by atoms with Crippen molar-refractivity contribution in [2.75, 3.05) is 12.0 Å². The van der Waals surface area contributed by atoms with Gasteiger partial charge in [-0.15, -0.1) is 0 Å². The van der Waals surface area contributed by atoms with Gasteiger partial charge in [-0.3, -0.25) is 4.79 Å². The van der Waals surface area contributed by atoms with Crippen molar-refractivity contribution >= 4 is 15.8 Å². The first kappa shape index (κ1) is 15.7. The molecule has 1 aromatic carbocycles. The van der Waals surface area contributed by atoms with Crippen molar-refractivity contribution in [2.24, 2.45) is 5.41 Å². The normalized spacial score (nSPS) is 13.9. The smallest absolute Gasteiger partial charge is 0.311 e. The molecule has 0 heterocycles. The fraction of sp³-hybridized carbons (Fsp3) is 0.500. The average Bonchev–Trinajstić information content (AvgIpc) is 2.26. The minimum absolute atomic E-state index is 0.209. The Labute approximate surface area is 114 Å². The monoisotopic (exact) mass is 284 g/mol. The summed E-state index contributed by atoms with van der Waals surface area (Å²) in [4.78, 5) is 11.9. The molecule has 0 aromatic heterocycles. The van der Waals surface area contributed by atoms with Gasteiger partial charge in [-0.25, -0.2) is 8.42 Å². The standard InChI is InChI=1S/C14H20O4S/c1-14(2,3)13(15)18-12(10-19(4,16)17)11-8-6-5-7-9-11/h5-9,12H,10H2,1-4H3. The summed E-state index contributed by atoms with van der Waals surface area (Å²) in [6.07, 6.45) is 0.372. The molecule has 0 aliphatic rings. The summed E-state index contributed by atoms with van der Waals surface area (Å²) in [5.74, 6) is -0.622. The van der Waals surface area contributed by atoms with Crippen LogP contribution in [0.2, 0.25) is 0 Å². The molecule has 0 aliphatic heterocycles. The molecule has 0 fully saturated rings. The van der Waals surface area contributed by atoms with Gasteiger partial charge in [-0.05, 0) is 26.3 Å². The maximum Gasteiger partial charge on any atom is 0.311 e. The lowest BCUT2D eigenvalue weighted by atomic mass is 9.97. The third-order valence-corrected chi connectivity index (χ3v) is 3.40. The van der Waals surface area contributed by atoms with Crippen LogP contribution in [0.5, 0.6) is 0 Å². The van der Waals surface area contributed by atoms with Gasteiger partial charge in [0.2, 0.25) is 0 Å². The third kappa shape index (κ3) is 5.42. The molecule has 19 heavy (non-hydrogen) atoms. The second-order valence-electron chi connectivity index (χ2n) is 5.65. The second-order valence-corrected chi connectivity index (χ2v) is 7.83. The van der Waals surface area contributed by atoms with Crippen LogP contribution in [0.4, 0.5) is 0 Å². The molecule has 4 nitrogen and oxygen atoms in total. The first-order chi connectivity index (χ1) is 8.59. The Morgan fingerprint density at radius 3 is 2.16 bits per heavy atom. The van der Waals surface area contributed by atoms with Crippen molar-refractivity contribution < 1.29 is 17.9 Å². The van der Waals surface area contributed by atoms with E-state index in [-0.39, 0.29) is 5.75 Å². The lowest BCUT2D eigenvalue weighted by molar-refractivity contribution is -0.157. The van der Waals surface area contributed by atoms with Crippen LogP contribution < -0.4 is 0 Å². The number of ether oxygens (including phenoxy) is 1. The van der Waals surface area contributed by atoms with Crippen LogP contribution in [0.15, 0.2) is 30.3 Å². The Morgan fingerprint density at radius 1 is 1.21 bits per heavy atom. The summed E-state index contributed by atoms with van der Waals surface area (Å²) in [5.41, 5.74) is 0.0235. The maximum atomic E-state index is 11.9. The molecule has 0 radical (unpaired) electrons. The van der Waals surface area contributed by atoms with E-state index in [4.69, 9.17) is 4.74 Å². The Morgan fingerprint density at radius 2 is 1.74 bits per heavy atom. The van der Waals surface area contributed by atoms with E-state index < -0.39 is 27.3 Å². The Balaban J connectivity index is 2.98. The molecule has 1 unspecified atom stereocenters. The predicted octanol–water partition coefficient (Wildman–Crippen LogP) is 2.36. The maximum absolute atomic E-state index is 11.9. The Bertz CT molecular complexity index is 526. The van der Waals surface area contributed by atoms with E-state index in [1.54, 1.807) is 45.0 Å². The minimum Gasteiger partial charge on any atom is -0.456 e. The van der Waals surface area contributed by atoms with Gasteiger partial charge < -0.3 is 4.74 Å². The average molecular weight is 284 g/mol. The lowest BCUT2D eigenvalue weighted by Gasteiger charge is -2.23. The summed E-state index contributed by atoms with van der Waals surface area (Å²) in [6.45, 7) is 5.20. The van der Waals surface area contributed by atoms with E-state index >= 15 is 0 Å². The van der Waals surface area contributed by atoms with Crippen LogP contribution in [-0.2, 0) is 19.4 Å². The number of hydrogen-bond donors (Lipinski definition) is 0. The van der Waals surface area contributed by atoms with Gasteiger partial charge in [-0.2, -0.15) is 0 Å². The highest BCUT2D eigenvalue weighted by atomic mass is 32.2. The van der Waals surface area contributed by atoms with Crippen molar-refractivity contribution in [3.63, 3.8) is 0 Å². The third-order valence-electron chi connectivity index (χ3n) is 2.49. The van der Waals surface area contributed by atoms with Gasteiger partial charge in [0.25, 0.3) is 0 Å². The summed E-state index contributed by atoms with van der Waals surface area (Å²) in [6, 6.07) is 8.91. The molecule has 1 rings (SSSR count). The number of carbonyl (C=O) groups is 1. The molecular formula is C14H20O4S. The van der Waals surface area contributed by atoms with Gasteiger partial charge in [-0.1, -0.05) is 30.3 Å². The van der Waals surface area contributed by atoms with Crippen LogP contribution in [0.1, 0.15) is 32.4 Å². The minimum atomic E-state index is -3.24. The van der Waals surface area contributed by atoms with E-state index in [1.807, 2.05) is 6.07 Å². The van der Waals surface area contributed by atoms with E-state index in [0.717, 1.165) is 6.26 Å². The SMILES string of the molecule is CC(C)(C)C(=O)OC(CS(C)(=O)=O)c1ccccc1. The van der Waals surface area contributed by atoms with Crippen molar-refractivity contribution in [1.29, 1.82) is 0 Å². The summed E-state index contributed by atoms with van der Waals surface area (Å²) < 4.78 is 28.3. The summed E-state index contributed by atoms with van der Waals surface area (Å²) >= 11 is 0. The second kappa shape index (κ2) is 5.74. The summed E-state index contributed by atoms with van der Waals surface area (Å²) in [7, 11) is -3.24. The molecule has 1 aromatic rings. The number of benzene rings is 1. The lowest BCUT2D eigenvalue weighted by Crippen LogP contribution is -2.27. The fourth-order valence-electron chi connectivity index (χ4n) is 1.45. The van der Waals surface area contributed by atoms with Crippen molar-refractivity contribution in [3.8, 4) is 0 Å². The molecule has 0 saturated carbocycles. The Kier molecular flexibility index (Phi) is 4.74. The molecular weight excluding hydrogens is 264 g/mol. The predicted molar refractivity (Wildman–Crippen MR) is 74.4 cm³/mol. The highest BCUT2D eigenvalue weighted by molar-refractivity contribution is 7.90. The highest BCUT2D eigenvalue weighted by Gasteiger charge is 2.28. The Hall–Kier alpha value is -1.36. The molecule has 106 valence electrons. The van der Waals surface area contributed by atoms with Gasteiger partial charge in [0.1, 0.15) is 6.10 Å². The van der Waals surface area contributed by atoms with Gasteiger partial charge >= 0.3 is 5.97 Å². The molecule has 0 amide bonds. The first-order valence-corrected chi connectivity index (χ1v) is 8.09. The van der Waals surface area contributed by atoms with E-state index in [1.165, 1.54) is 0 Å². The van der Waals surface area contributed by atoms with Gasteiger partial charge in [0.15, 0.2) is 9.84 Å². The van der Waals surface area contributed by atoms with Crippen LogP contribution in [-0.4, -0.2) is 26.4 Å². The number of sulfone groups is 1. The van der Waals surface area contributed by atoms with Gasteiger partial charge in [0.05, 0.1) is 11.2 Å². The topological polar surface area (TPSA) is 60.4 Å². The molecule has 0 spiro atoms. The molecule has 0 N–H and O–H groups in total. The van der Waals surface area contributed by atoms with E-state index in [9.17, 15) is 13.2 Å². The fourth-order valence-corrected chi connectivity index (χ4v) is 2.26. The zero-order chi connectivity index (χ0) is 14.7. The van der Waals surface area contributed by atoms with Crippen LogP contribution in [0.25, 0.3) is 0 Å². The number of esters is 1. The molecule has 0 saturated heterocycles. The molecule has 0 bridgehead atoms. The zero-order valence-corrected chi connectivity index (χ0v) is 12.5. The largest absolute Gasteiger partial charge is 0.456 e. The van der Waals surface area contributed by atoms with Crippen molar-refractivity contribution in [1.82, 2.24) is 0 Å². The number of hydrogen-bond acceptors (Lipinski definition) is 4. The van der Waals surface area contributed by atoms with Crippen LogP contribution in [0.3, 0.4) is 0 Å². The number of carbonyl (C=O) groups excluding carboxylic acids is 1. The molecule has 0 aliphatic carbocycles. The van der Waals surface area contributed by atoms with Crippen LogP contribution >= 0.6 is 0 Å². The number of rotatable bonds is 4. The highest BCUT2D eigenvalue weighted by Crippen LogP contribution is 2.24. The van der Waals surface area contributed by atoms with Gasteiger partial charge in [0, 0.05) is 6.26 Å². The van der Waals surface area contributed by atoms with E-state index in [2.05, 4.69) is 0 Å². The van der Waals surface area contributed by atoms with E-state index in [0.29, 0.717) is 5.56 Å².